The van der Waals surface area contributed by atoms with Gasteiger partial charge in [0.05, 0.1) is 26.4 Å². The van der Waals surface area contributed by atoms with Crippen molar-refractivity contribution >= 4 is 5.91 Å². The minimum Gasteiger partial charge on any atom is -0.381 e. The van der Waals surface area contributed by atoms with Crippen LogP contribution in [0.1, 0.15) is 12.0 Å². The molecule has 3 saturated heterocycles. The standard InChI is InChI=1S/C21H29N3O3/c1-23-8-16(10-26-9-15-3-2-5-22-7-15)21(13-23)4-6-24(14-21)20(25)19-17-11-27-12-18(17)19/h2-3,5,7,16-19H,4,6,8-14H2,1H3/t16-,17-,18+,19?,21+/m0/s1. The van der Waals surface area contributed by atoms with Crippen molar-refractivity contribution in [2.45, 2.75) is 13.0 Å². The first-order valence-electron chi connectivity index (χ1n) is 10.2. The van der Waals surface area contributed by atoms with Crippen LogP contribution in [-0.4, -0.2) is 73.7 Å². The molecule has 5 rings (SSSR count). The zero-order chi connectivity index (χ0) is 18.4. The van der Waals surface area contributed by atoms with Crippen LogP contribution in [0.4, 0.5) is 0 Å². The number of aromatic nitrogens is 1. The lowest BCUT2D eigenvalue weighted by Gasteiger charge is -2.30. The summed E-state index contributed by atoms with van der Waals surface area (Å²) in [5.74, 6) is 2.11. The lowest BCUT2D eigenvalue weighted by molar-refractivity contribution is -0.133. The first-order valence-corrected chi connectivity index (χ1v) is 10.2. The van der Waals surface area contributed by atoms with Gasteiger partial charge in [-0.1, -0.05) is 6.07 Å². The number of ether oxygens (including phenoxy) is 2. The molecule has 1 aromatic rings. The second-order valence-electron chi connectivity index (χ2n) is 9.03. The molecule has 1 unspecified atom stereocenters. The smallest absolute Gasteiger partial charge is 0.226 e. The summed E-state index contributed by atoms with van der Waals surface area (Å²) in [5, 5.41) is 0. The van der Waals surface area contributed by atoms with Gasteiger partial charge in [0.25, 0.3) is 0 Å². The highest BCUT2D eigenvalue weighted by molar-refractivity contribution is 5.83. The normalized spacial score (nSPS) is 37.9. The summed E-state index contributed by atoms with van der Waals surface area (Å²) >= 11 is 0. The fourth-order valence-electron chi connectivity index (χ4n) is 5.70. The SMILES string of the molecule is CN1C[C@@H](COCc2cccnc2)[C@]2(CCN(C(=O)C3[C@H]4COC[C@@H]34)C2)C1. The number of likely N-dealkylation sites (tertiary alicyclic amines) is 2. The van der Waals surface area contributed by atoms with E-state index >= 15 is 0 Å². The Morgan fingerprint density at radius 2 is 2.22 bits per heavy atom. The summed E-state index contributed by atoms with van der Waals surface area (Å²) in [6.45, 7) is 6.86. The van der Waals surface area contributed by atoms with Gasteiger partial charge in [0.1, 0.15) is 0 Å². The van der Waals surface area contributed by atoms with Crippen LogP contribution >= 0.6 is 0 Å². The van der Waals surface area contributed by atoms with Crippen LogP contribution in [0.15, 0.2) is 24.5 Å². The van der Waals surface area contributed by atoms with Gasteiger partial charge in [-0.3, -0.25) is 9.78 Å². The molecule has 0 aromatic carbocycles. The molecule has 4 aliphatic rings. The van der Waals surface area contributed by atoms with Crippen molar-refractivity contribution in [3.05, 3.63) is 30.1 Å². The number of fused-ring (bicyclic) bond motifs is 1. The van der Waals surface area contributed by atoms with E-state index in [2.05, 4.69) is 27.9 Å². The van der Waals surface area contributed by atoms with Gasteiger partial charge in [-0.05, 0) is 36.9 Å². The topological polar surface area (TPSA) is 54.9 Å². The molecule has 1 spiro atoms. The molecule has 1 aliphatic carbocycles. The van der Waals surface area contributed by atoms with E-state index in [4.69, 9.17) is 9.47 Å². The quantitative estimate of drug-likeness (QED) is 0.780. The molecule has 3 aliphatic heterocycles. The summed E-state index contributed by atoms with van der Waals surface area (Å²) in [5.41, 5.74) is 1.31. The van der Waals surface area contributed by atoms with Crippen molar-refractivity contribution in [1.29, 1.82) is 0 Å². The van der Waals surface area contributed by atoms with Crippen LogP contribution in [0.2, 0.25) is 0 Å². The van der Waals surface area contributed by atoms with Gasteiger partial charge >= 0.3 is 0 Å². The molecule has 6 heteroatoms. The minimum absolute atomic E-state index is 0.194. The van der Waals surface area contributed by atoms with Crippen molar-refractivity contribution in [2.24, 2.45) is 29.1 Å². The van der Waals surface area contributed by atoms with Crippen LogP contribution in [0.3, 0.4) is 0 Å². The molecule has 0 N–H and O–H groups in total. The number of hydrogen-bond donors (Lipinski definition) is 0. The van der Waals surface area contributed by atoms with Crippen molar-refractivity contribution < 1.29 is 14.3 Å². The summed E-state index contributed by atoms with van der Waals surface area (Å²) in [6.07, 6.45) is 4.75. The van der Waals surface area contributed by atoms with Gasteiger partial charge in [0.2, 0.25) is 5.91 Å². The average Bonchev–Trinajstić information content (AvgIpc) is 3.05. The number of rotatable bonds is 5. The third-order valence-electron chi connectivity index (χ3n) is 7.23. The van der Waals surface area contributed by atoms with E-state index in [0.29, 0.717) is 30.3 Å². The molecule has 0 radical (unpaired) electrons. The van der Waals surface area contributed by atoms with Gasteiger partial charge in [0, 0.05) is 55.8 Å². The fourth-order valence-corrected chi connectivity index (χ4v) is 5.70. The van der Waals surface area contributed by atoms with Crippen molar-refractivity contribution in [3.8, 4) is 0 Å². The number of pyridine rings is 1. The monoisotopic (exact) mass is 371 g/mol. The number of carbonyl (C=O) groups excluding carboxylic acids is 1. The van der Waals surface area contributed by atoms with E-state index in [1.165, 1.54) is 0 Å². The van der Waals surface area contributed by atoms with Crippen LogP contribution in [0, 0.1) is 29.1 Å². The van der Waals surface area contributed by atoms with Crippen molar-refractivity contribution in [1.82, 2.24) is 14.8 Å². The fraction of sp³-hybridized carbons (Fsp3) is 0.714. The molecule has 1 saturated carbocycles. The average molecular weight is 371 g/mol. The molecule has 0 bridgehead atoms. The zero-order valence-corrected chi connectivity index (χ0v) is 16.0. The second-order valence-corrected chi connectivity index (χ2v) is 9.03. The Balaban J connectivity index is 1.19. The predicted octanol–water partition coefficient (Wildman–Crippen LogP) is 1.27. The summed E-state index contributed by atoms with van der Waals surface area (Å²) in [7, 11) is 2.19. The van der Waals surface area contributed by atoms with Crippen molar-refractivity contribution in [3.63, 3.8) is 0 Å². The molecule has 4 heterocycles. The first kappa shape index (κ1) is 17.6. The maximum Gasteiger partial charge on any atom is 0.226 e. The van der Waals surface area contributed by atoms with E-state index in [1.54, 1.807) is 6.20 Å². The number of hydrogen-bond acceptors (Lipinski definition) is 5. The zero-order valence-electron chi connectivity index (χ0n) is 16.0. The first-order chi connectivity index (χ1) is 13.2. The van der Waals surface area contributed by atoms with E-state index < -0.39 is 0 Å². The van der Waals surface area contributed by atoms with Gasteiger partial charge < -0.3 is 19.3 Å². The van der Waals surface area contributed by atoms with E-state index in [0.717, 1.165) is 58.0 Å². The lowest BCUT2D eigenvalue weighted by atomic mass is 9.77. The third-order valence-corrected chi connectivity index (χ3v) is 7.23. The maximum absolute atomic E-state index is 13.0. The molecule has 27 heavy (non-hydrogen) atoms. The highest BCUT2D eigenvalue weighted by Gasteiger charge is 2.60. The Labute approximate surface area is 160 Å². The van der Waals surface area contributed by atoms with Crippen LogP contribution in [-0.2, 0) is 20.9 Å². The van der Waals surface area contributed by atoms with Crippen LogP contribution < -0.4 is 0 Å². The van der Waals surface area contributed by atoms with Gasteiger partial charge in [-0.2, -0.15) is 0 Å². The summed E-state index contributed by atoms with van der Waals surface area (Å²) in [4.78, 5) is 21.7. The molecular weight excluding hydrogens is 342 g/mol. The Kier molecular flexibility index (Phi) is 4.45. The molecule has 4 fully saturated rings. The molecule has 6 nitrogen and oxygen atoms in total. The molecule has 1 aromatic heterocycles. The summed E-state index contributed by atoms with van der Waals surface area (Å²) < 4.78 is 11.5. The number of amides is 1. The maximum atomic E-state index is 13.0. The van der Waals surface area contributed by atoms with Crippen molar-refractivity contribution in [2.75, 3.05) is 53.0 Å². The molecular formula is C21H29N3O3. The predicted molar refractivity (Wildman–Crippen MR) is 99.8 cm³/mol. The Morgan fingerprint density at radius 3 is 3.00 bits per heavy atom. The molecule has 1 amide bonds. The van der Waals surface area contributed by atoms with Crippen LogP contribution in [0.5, 0.6) is 0 Å². The van der Waals surface area contributed by atoms with Gasteiger partial charge in [-0.15, -0.1) is 0 Å². The van der Waals surface area contributed by atoms with E-state index in [9.17, 15) is 4.79 Å². The lowest BCUT2D eigenvalue weighted by Crippen LogP contribution is -2.39. The largest absolute Gasteiger partial charge is 0.381 e. The Morgan fingerprint density at radius 1 is 1.37 bits per heavy atom. The van der Waals surface area contributed by atoms with Crippen LogP contribution in [0.25, 0.3) is 0 Å². The van der Waals surface area contributed by atoms with E-state index in [-0.39, 0.29) is 11.3 Å². The van der Waals surface area contributed by atoms with Gasteiger partial charge in [0.15, 0.2) is 0 Å². The molecule has 146 valence electrons. The Hall–Kier alpha value is -1.50. The Bertz CT molecular complexity index is 689. The van der Waals surface area contributed by atoms with E-state index in [1.807, 2.05) is 12.3 Å². The van der Waals surface area contributed by atoms with Gasteiger partial charge in [-0.25, -0.2) is 0 Å². The third kappa shape index (κ3) is 3.18. The summed E-state index contributed by atoms with van der Waals surface area (Å²) in [6, 6.07) is 4.00. The number of carbonyl (C=O) groups is 1. The number of nitrogens with zero attached hydrogens (tertiary/aromatic N) is 3. The molecule has 5 atom stereocenters. The highest BCUT2D eigenvalue weighted by atomic mass is 16.5. The second kappa shape index (κ2) is 6.83. The highest BCUT2D eigenvalue weighted by Crippen LogP contribution is 2.53. The minimum atomic E-state index is 0.194.